The van der Waals surface area contributed by atoms with E-state index in [0.717, 1.165) is 31.6 Å². The number of hydrogen-bond acceptors (Lipinski definition) is 3. The highest BCUT2D eigenvalue weighted by Crippen LogP contribution is 2.28. The summed E-state index contributed by atoms with van der Waals surface area (Å²) in [6, 6.07) is 0.186. The normalized spacial score (nSPS) is 18.9. The monoisotopic (exact) mass is 245 g/mol. The molecule has 18 heavy (non-hydrogen) atoms. The third kappa shape index (κ3) is 1.75. The van der Waals surface area contributed by atoms with Crippen LogP contribution in [0.15, 0.2) is 12.5 Å². The maximum Gasteiger partial charge on any atom is 0.0926 e. The summed E-state index contributed by atoms with van der Waals surface area (Å²) in [6.07, 6.45) is 5.89. The third-order valence-electron chi connectivity index (χ3n) is 3.64. The highest BCUT2D eigenvalue weighted by Gasteiger charge is 2.26. The van der Waals surface area contributed by atoms with E-state index in [9.17, 15) is 0 Å². The van der Waals surface area contributed by atoms with Crippen molar-refractivity contribution in [1.82, 2.24) is 25.1 Å². The van der Waals surface area contributed by atoms with Gasteiger partial charge in [-0.2, -0.15) is 5.10 Å². The van der Waals surface area contributed by atoms with Gasteiger partial charge in [-0.1, -0.05) is 6.92 Å². The van der Waals surface area contributed by atoms with Gasteiger partial charge in [-0.25, -0.2) is 4.98 Å². The Morgan fingerprint density at radius 2 is 2.39 bits per heavy atom. The summed E-state index contributed by atoms with van der Waals surface area (Å²) in [6.45, 7) is 6.27. The van der Waals surface area contributed by atoms with E-state index in [-0.39, 0.29) is 6.04 Å². The van der Waals surface area contributed by atoms with Gasteiger partial charge >= 0.3 is 0 Å². The van der Waals surface area contributed by atoms with Crippen LogP contribution < -0.4 is 5.32 Å². The Morgan fingerprint density at radius 3 is 3.22 bits per heavy atom. The number of fused-ring (bicyclic) bond motifs is 1. The van der Waals surface area contributed by atoms with Gasteiger partial charge in [-0.05, 0) is 13.3 Å². The van der Waals surface area contributed by atoms with Gasteiger partial charge < -0.3 is 10.3 Å². The molecular weight excluding hydrogens is 226 g/mol. The number of hydrogen-bond donors (Lipinski definition) is 2. The second kappa shape index (κ2) is 4.57. The molecule has 1 aliphatic heterocycles. The van der Waals surface area contributed by atoms with E-state index >= 15 is 0 Å². The van der Waals surface area contributed by atoms with E-state index in [2.05, 4.69) is 38.9 Å². The van der Waals surface area contributed by atoms with Gasteiger partial charge in [0.25, 0.3) is 0 Å². The zero-order valence-electron chi connectivity index (χ0n) is 10.9. The third-order valence-corrected chi connectivity index (χ3v) is 3.64. The number of imidazole rings is 1. The lowest BCUT2D eigenvalue weighted by atomic mass is 9.99. The molecule has 0 spiro atoms. The van der Waals surface area contributed by atoms with Crippen molar-refractivity contribution in [2.24, 2.45) is 0 Å². The molecule has 0 amide bonds. The molecule has 0 fully saturated rings. The number of rotatable bonds is 3. The predicted octanol–water partition coefficient (Wildman–Crippen LogP) is 1.56. The van der Waals surface area contributed by atoms with E-state index in [1.807, 2.05) is 6.20 Å². The summed E-state index contributed by atoms with van der Waals surface area (Å²) in [5.74, 6) is 0. The van der Waals surface area contributed by atoms with Gasteiger partial charge in [0.05, 0.1) is 24.3 Å². The molecule has 3 rings (SSSR count). The number of nitrogens with zero attached hydrogens (tertiary/aromatic N) is 3. The molecule has 0 saturated heterocycles. The molecule has 0 aromatic carbocycles. The van der Waals surface area contributed by atoms with Crippen LogP contribution in [0.4, 0.5) is 0 Å². The van der Waals surface area contributed by atoms with Crippen LogP contribution in [0.1, 0.15) is 42.0 Å². The Hall–Kier alpha value is -1.62. The molecule has 1 atom stereocenters. The fraction of sp³-hybridized carbons (Fsp3) is 0.538. The molecule has 2 aromatic heterocycles. The maximum atomic E-state index is 4.48. The quantitative estimate of drug-likeness (QED) is 0.862. The first kappa shape index (κ1) is 11.5. The van der Waals surface area contributed by atoms with Crippen LogP contribution in [-0.2, 0) is 13.0 Å². The highest BCUT2D eigenvalue weighted by molar-refractivity contribution is 5.33. The molecular formula is C13H19N5. The van der Waals surface area contributed by atoms with Crippen LogP contribution in [0, 0.1) is 6.92 Å². The number of aromatic amines is 1. The van der Waals surface area contributed by atoms with Gasteiger partial charge in [0.2, 0.25) is 0 Å². The summed E-state index contributed by atoms with van der Waals surface area (Å²) in [5, 5.41) is 8.01. The summed E-state index contributed by atoms with van der Waals surface area (Å²) in [5.41, 5.74) is 4.86. The van der Waals surface area contributed by atoms with Crippen LogP contribution in [0.2, 0.25) is 0 Å². The van der Waals surface area contributed by atoms with Crippen molar-refractivity contribution >= 4 is 0 Å². The summed E-state index contributed by atoms with van der Waals surface area (Å²) in [4.78, 5) is 7.69. The molecule has 2 N–H and O–H groups in total. The van der Waals surface area contributed by atoms with E-state index < -0.39 is 0 Å². The van der Waals surface area contributed by atoms with Gasteiger partial charge in [0, 0.05) is 36.5 Å². The molecule has 0 saturated carbocycles. The van der Waals surface area contributed by atoms with Crippen molar-refractivity contribution in [2.75, 3.05) is 6.54 Å². The van der Waals surface area contributed by atoms with Crippen molar-refractivity contribution < 1.29 is 0 Å². The summed E-state index contributed by atoms with van der Waals surface area (Å²) in [7, 11) is 0. The van der Waals surface area contributed by atoms with Gasteiger partial charge in [-0.15, -0.1) is 0 Å². The molecule has 0 bridgehead atoms. The molecule has 2 aromatic rings. The van der Waals surface area contributed by atoms with E-state index in [0.29, 0.717) is 0 Å². The van der Waals surface area contributed by atoms with Crippen LogP contribution in [0.3, 0.4) is 0 Å². The van der Waals surface area contributed by atoms with Gasteiger partial charge in [0.1, 0.15) is 0 Å². The maximum absolute atomic E-state index is 4.48. The molecule has 5 heteroatoms. The van der Waals surface area contributed by atoms with Gasteiger partial charge in [-0.3, -0.25) is 4.68 Å². The fourth-order valence-corrected chi connectivity index (χ4v) is 2.66. The standard InChI is InChI=1S/C13H19N5/c1-3-6-18-9(2)10(7-17-18)12-13-11(4-5-14-12)15-8-16-13/h7-8,12,14H,3-6H2,1-2H3,(H,15,16). The Kier molecular flexibility index (Phi) is 2.91. The SMILES string of the molecule is CCCn1ncc(C2NCCc3[nH]cnc32)c1C. The number of aryl methyl sites for hydroxylation is 1. The first-order valence-corrected chi connectivity index (χ1v) is 6.59. The zero-order valence-corrected chi connectivity index (χ0v) is 10.9. The summed E-state index contributed by atoms with van der Waals surface area (Å²) < 4.78 is 2.08. The molecule has 96 valence electrons. The lowest BCUT2D eigenvalue weighted by Gasteiger charge is -2.22. The average molecular weight is 245 g/mol. The van der Waals surface area contributed by atoms with Crippen molar-refractivity contribution in [1.29, 1.82) is 0 Å². The van der Waals surface area contributed by atoms with E-state index in [1.165, 1.54) is 17.0 Å². The molecule has 3 heterocycles. The molecule has 0 radical (unpaired) electrons. The van der Waals surface area contributed by atoms with E-state index in [1.54, 1.807) is 6.33 Å². The van der Waals surface area contributed by atoms with Crippen molar-refractivity contribution in [3.8, 4) is 0 Å². The first-order chi connectivity index (χ1) is 8.81. The molecule has 1 aliphatic rings. The number of aromatic nitrogens is 4. The fourth-order valence-electron chi connectivity index (χ4n) is 2.66. The lowest BCUT2D eigenvalue weighted by Crippen LogP contribution is -2.31. The minimum absolute atomic E-state index is 0.186. The van der Waals surface area contributed by atoms with Crippen molar-refractivity contribution in [3.63, 3.8) is 0 Å². The topological polar surface area (TPSA) is 58.5 Å². The van der Waals surface area contributed by atoms with Crippen LogP contribution in [0.5, 0.6) is 0 Å². The smallest absolute Gasteiger partial charge is 0.0926 e. The number of nitrogens with one attached hydrogen (secondary N) is 2. The van der Waals surface area contributed by atoms with E-state index in [4.69, 9.17) is 0 Å². The molecule has 1 unspecified atom stereocenters. The Balaban J connectivity index is 1.97. The predicted molar refractivity (Wildman–Crippen MR) is 69.4 cm³/mol. The van der Waals surface area contributed by atoms with Gasteiger partial charge in [0.15, 0.2) is 0 Å². The lowest BCUT2D eigenvalue weighted by molar-refractivity contribution is 0.545. The number of H-pyrrole nitrogens is 1. The summed E-state index contributed by atoms with van der Waals surface area (Å²) >= 11 is 0. The van der Waals surface area contributed by atoms with Crippen molar-refractivity contribution in [3.05, 3.63) is 35.2 Å². The zero-order chi connectivity index (χ0) is 12.5. The largest absolute Gasteiger partial charge is 0.348 e. The second-order valence-electron chi connectivity index (χ2n) is 4.81. The Bertz CT molecular complexity index is 539. The Morgan fingerprint density at radius 1 is 1.50 bits per heavy atom. The average Bonchev–Trinajstić information content (AvgIpc) is 2.98. The first-order valence-electron chi connectivity index (χ1n) is 6.59. The van der Waals surface area contributed by atoms with Crippen LogP contribution in [-0.4, -0.2) is 26.3 Å². The highest BCUT2D eigenvalue weighted by atomic mass is 15.3. The van der Waals surface area contributed by atoms with Crippen LogP contribution >= 0.6 is 0 Å². The Labute approximate surface area is 107 Å². The molecule has 5 nitrogen and oxygen atoms in total. The second-order valence-corrected chi connectivity index (χ2v) is 4.81. The molecule has 0 aliphatic carbocycles. The van der Waals surface area contributed by atoms with Crippen molar-refractivity contribution in [2.45, 2.75) is 39.3 Å². The minimum atomic E-state index is 0.186. The minimum Gasteiger partial charge on any atom is -0.348 e. The van der Waals surface area contributed by atoms with Crippen LogP contribution in [0.25, 0.3) is 0 Å².